The van der Waals surface area contributed by atoms with Crippen LogP contribution in [0.5, 0.6) is 0 Å². The molecule has 0 unspecified atom stereocenters. The summed E-state index contributed by atoms with van der Waals surface area (Å²) in [5.74, 6) is 0.431. The van der Waals surface area contributed by atoms with Crippen molar-refractivity contribution in [2.24, 2.45) is 5.92 Å². The molecule has 3 amide bonds. The Hall–Kier alpha value is -1.50. The number of carbonyl (C=O) groups is 2. The number of carbonyl (C=O) groups excluding carboxylic acids is 2. The summed E-state index contributed by atoms with van der Waals surface area (Å²) in [7, 11) is 2.08. The van der Waals surface area contributed by atoms with Gasteiger partial charge in [0.1, 0.15) is 5.60 Å². The van der Waals surface area contributed by atoms with E-state index in [0.717, 1.165) is 39.0 Å². The van der Waals surface area contributed by atoms with E-state index in [2.05, 4.69) is 17.3 Å². The molecule has 0 bridgehead atoms. The first kappa shape index (κ1) is 18.8. The van der Waals surface area contributed by atoms with Crippen LogP contribution in [-0.4, -0.2) is 85.3 Å². The van der Waals surface area contributed by atoms with Gasteiger partial charge in [-0.2, -0.15) is 0 Å². The van der Waals surface area contributed by atoms with Crippen molar-refractivity contribution >= 4 is 12.1 Å². The predicted molar refractivity (Wildman–Crippen MR) is 93.0 cm³/mol. The van der Waals surface area contributed by atoms with E-state index < -0.39 is 5.60 Å². The molecule has 0 aromatic rings. The van der Waals surface area contributed by atoms with Crippen LogP contribution >= 0.6 is 0 Å². The van der Waals surface area contributed by atoms with Crippen molar-refractivity contribution in [2.75, 3.05) is 52.9 Å². The molecule has 7 nitrogen and oxygen atoms in total. The van der Waals surface area contributed by atoms with Gasteiger partial charge in [-0.1, -0.05) is 0 Å². The van der Waals surface area contributed by atoms with E-state index in [1.54, 1.807) is 4.90 Å². The van der Waals surface area contributed by atoms with Crippen molar-refractivity contribution in [3.63, 3.8) is 0 Å². The predicted octanol–water partition coefficient (Wildman–Crippen LogP) is 1.59. The molecule has 2 heterocycles. The minimum atomic E-state index is -0.454. The van der Waals surface area contributed by atoms with Gasteiger partial charge in [0.05, 0.1) is 0 Å². The number of urea groups is 1. The van der Waals surface area contributed by atoms with E-state index >= 15 is 0 Å². The van der Waals surface area contributed by atoms with Gasteiger partial charge in [0, 0.05) is 45.8 Å². The molecule has 0 radical (unpaired) electrons. The summed E-state index contributed by atoms with van der Waals surface area (Å²) in [6.45, 7) is 11.2. The maximum Gasteiger partial charge on any atom is 0.410 e. The number of hydrogen-bond donors (Lipinski definition) is 1. The zero-order chi connectivity index (χ0) is 17.7. The third kappa shape index (κ3) is 5.85. The monoisotopic (exact) mass is 340 g/mol. The Kier molecular flexibility index (Phi) is 6.32. The van der Waals surface area contributed by atoms with Crippen LogP contribution in [0.4, 0.5) is 9.59 Å². The second kappa shape index (κ2) is 8.05. The van der Waals surface area contributed by atoms with Crippen molar-refractivity contribution in [1.29, 1.82) is 0 Å². The minimum Gasteiger partial charge on any atom is -0.444 e. The largest absolute Gasteiger partial charge is 0.444 e. The van der Waals surface area contributed by atoms with Gasteiger partial charge >= 0.3 is 12.1 Å². The lowest BCUT2D eigenvalue weighted by molar-refractivity contribution is 0.0184. The average molecular weight is 340 g/mol. The quantitative estimate of drug-likeness (QED) is 0.829. The summed E-state index contributed by atoms with van der Waals surface area (Å²) < 4.78 is 5.41. The molecule has 24 heavy (non-hydrogen) atoms. The highest BCUT2D eigenvalue weighted by Crippen LogP contribution is 2.19. The second-order valence-corrected chi connectivity index (χ2v) is 7.89. The van der Waals surface area contributed by atoms with Crippen LogP contribution in [-0.2, 0) is 4.74 Å². The number of piperazine rings is 1. The summed E-state index contributed by atoms with van der Waals surface area (Å²) >= 11 is 0. The smallest absolute Gasteiger partial charge is 0.410 e. The van der Waals surface area contributed by atoms with Gasteiger partial charge in [0.15, 0.2) is 0 Å². The minimum absolute atomic E-state index is 0.0395. The maximum atomic E-state index is 12.2. The number of likely N-dealkylation sites (tertiary alicyclic amines) is 1. The SMILES string of the molecule is CN1CCN(C(=O)NCC2CCN(C(=O)OC(C)(C)C)CC2)CC1. The van der Waals surface area contributed by atoms with Gasteiger partial charge in [0.2, 0.25) is 0 Å². The highest BCUT2D eigenvalue weighted by atomic mass is 16.6. The van der Waals surface area contributed by atoms with Gasteiger partial charge in [-0.05, 0) is 46.6 Å². The fraction of sp³-hybridized carbons (Fsp3) is 0.882. The molecule has 138 valence electrons. The molecule has 2 saturated heterocycles. The van der Waals surface area contributed by atoms with Crippen LogP contribution in [0.2, 0.25) is 0 Å². The summed E-state index contributed by atoms with van der Waals surface area (Å²) in [6.07, 6.45) is 1.58. The van der Waals surface area contributed by atoms with Gasteiger partial charge in [0.25, 0.3) is 0 Å². The normalized spacial score (nSPS) is 20.8. The van der Waals surface area contributed by atoms with E-state index in [4.69, 9.17) is 4.74 Å². The zero-order valence-electron chi connectivity index (χ0n) is 15.5. The first-order valence-electron chi connectivity index (χ1n) is 8.94. The molecular weight excluding hydrogens is 308 g/mol. The molecule has 0 aliphatic carbocycles. The number of piperidine rings is 1. The first-order valence-corrected chi connectivity index (χ1v) is 8.94. The van der Waals surface area contributed by atoms with Gasteiger partial charge < -0.3 is 24.8 Å². The topological polar surface area (TPSA) is 65.1 Å². The Morgan fingerprint density at radius 1 is 1.00 bits per heavy atom. The molecule has 0 atom stereocenters. The summed E-state index contributed by atoms with van der Waals surface area (Å²) in [6, 6.07) is 0.0395. The Labute approximate surface area is 145 Å². The molecule has 2 fully saturated rings. The molecule has 0 saturated carbocycles. The third-order valence-corrected chi connectivity index (χ3v) is 4.60. The van der Waals surface area contributed by atoms with Crippen LogP contribution < -0.4 is 5.32 Å². The number of nitrogens with one attached hydrogen (secondary N) is 1. The van der Waals surface area contributed by atoms with Crippen molar-refractivity contribution in [3.05, 3.63) is 0 Å². The molecule has 7 heteroatoms. The molecule has 2 aliphatic rings. The number of rotatable bonds is 2. The highest BCUT2D eigenvalue weighted by molar-refractivity contribution is 5.74. The number of amides is 3. The van der Waals surface area contributed by atoms with Crippen LogP contribution in [0.15, 0.2) is 0 Å². The first-order chi connectivity index (χ1) is 11.2. The van der Waals surface area contributed by atoms with Crippen LogP contribution in [0.3, 0.4) is 0 Å². The summed E-state index contributed by atoms with van der Waals surface area (Å²) in [5, 5.41) is 3.05. The lowest BCUT2D eigenvalue weighted by Crippen LogP contribution is -2.51. The molecule has 0 aromatic carbocycles. The maximum absolute atomic E-state index is 12.2. The standard InChI is InChI=1S/C17H32N4O3/c1-17(2,3)24-16(23)21-7-5-14(6-8-21)13-18-15(22)20-11-9-19(4)10-12-20/h14H,5-13H2,1-4H3,(H,18,22). The zero-order valence-corrected chi connectivity index (χ0v) is 15.5. The van der Waals surface area contributed by atoms with Crippen molar-refractivity contribution < 1.29 is 14.3 Å². The Balaban J connectivity index is 1.66. The van der Waals surface area contributed by atoms with Crippen molar-refractivity contribution in [1.82, 2.24) is 20.0 Å². The Bertz CT molecular complexity index is 434. The average Bonchev–Trinajstić information content (AvgIpc) is 2.52. The lowest BCUT2D eigenvalue weighted by Gasteiger charge is -2.35. The fourth-order valence-electron chi connectivity index (χ4n) is 3.00. The molecular formula is C17H32N4O3. The van der Waals surface area contributed by atoms with Crippen LogP contribution in [0, 0.1) is 5.92 Å². The third-order valence-electron chi connectivity index (χ3n) is 4.60. The Morgan fingerprint density at radius 3 is 2.12 bits per heavy atom. The molecule has 0 aromatic heterocycles. The lowest BCUT2D eigenvalue weighted by atomic mass is 9.97. The number of nitrogens with zero attached hydrogens (tertiary/aromatic N) is 3. The van der Waals surface area contributed by atoms with E-state index in [0.29, 0.717) is 25.6 Å². The van der Waals surface area contributed by atoms with Gasteiger partial charge in [-0.3, -0.25) is 0 Å². The Morgan fingerprint density at radius 2 is 1.58 bits per heavy atom. The summed E-state index contributed by atoms with van der Waals surface area (Å²) in [4.78, 5) is 30.1. The number of hydrogen-bond acceptors (Lipinski definition) is 4. The molecule has 2 rings (SSSR count). The van der Waals surface area contributed by atoms with Gasteiger partial charge in [-0.25, -0.2) is 9.59 Å². The summed E-state index contributed by atoms with van der Waals surface area (Å²) in [5.41, 5.74) is -0.454. The molecule has 0 spiro atoms. The number of ether oxygens (including phenoxy) is 1. The van der Waals surface area contributed by atoms with E-state index in [1.807, 2.05) is 25.7 Å². The highest BCUT2D eigenvalue weighted by Gasteiger charge is 2.27. The van der Waals surface area contributed by atoms with Gasteiger partial charge in [-0.15, -0.1) is 0 Å². The van der Waals surface area contributed by atoms with Crippen LogP contribution in [0.25, 0.3) is 0 Å². The van der Waals surface area contributed by atoms with Crippen LogP contribution in [0.1, 0.15) is 33.6 Å². The number of likely N-dealkylation sites (N-methyl/N-ethyl adjacent to an activating group) is 1. The second-order valence-electron chi connectivity index (χ2n) is 7.89. The molecule has 1 N–H and O–H groups in total. The van der Waals surface area contributed by atoms with E-state index in [1.165, 1.54) is 0 Å². The van der Waals surface area contributed by atoms with Crippen molar-refractivity contribution in [2.45, 2.75) is 39.2 Å². The van der Waals surface area contributed by atoms with E-state index in [9.17, 15) is 9.59 Å². The fourth-order valence-corrected chi connectivity index (χ4v) is 3.00. The van der Waals surface area contributed by atoms with Crippen molar-refractivity contribution in [3.8, 4) is 0 Å². The molecule has 2 aliphatic heterocycles. The van der Waals surface area contributed by atoms with E-state index in [-0.39, 0.29) is 12.1 Å².